The van der Waals surface area contributed by atoms with E-state index in [2.05, 4.69) is 15.3 Å². The van der Waals surface area contributed by atoms with Crippen LogP contribution in [0.4, 0.5) is 0 Å². The van der Waals surface area contributed by atoms with Gasteiger partial charge in [0.25, 0.3) is 5.91 Å². The summed E-state index contributed by atoms with van der Waals surface area (Å²) in [5.41, 5.74) is 4.92. The van der Waals surface area contributed by atoms with Crippen molar-refractivity contribution in [3.05, 3.63) is 108 Å². The molecule has 0 saturated heterocycles. The summed E-state index contributed by atoms with van der Waals surface area (Å²) in [6, 6.07) is 25.4. The minimum absolute atomic E-state index is 0.0302. The Morgan fingerprint density at radius 1 is 0.806 bits per heavy atom. The molecule has 3 atom stereocenters. The standard InChI is InChI=1S/C28H28N4O4/c33-26(17-21(27(34)32-36)15-19-9-3-1-4-10-19)24(16-20-11-5-2-6-12-20)31-28(35)25-18-29-22-13-7-8-14-23(22)30-25/h1-14,18,21,24,26,33,36H,15-17H2,(H,31,35)(H,32,34)/t21-,24+,26+/m1/s1. The van der Waals surface area contributed by atoms with Gasteiger partial charge in [-0.05, 0) is 42.5 Å². The Hall–Kier alpha value is -4.14. The second-order valence-electron chi connectivity index (χ2n) is 8.68. The van der Waals surface area contributed by atoms with Gasteiger partial charge < -0.3 is 10.4 Å². The van der Waals surface area contributed by atoms with Gasteiger partial charge in [-0.1, -0.05) is 72.8 Å². The molecule has 0 saturated carbocycles. The molecule has 8 heteroatoms. The highest BCUT2D eigenvalue weighted by atomic mass is 16.5. The molecular formula is C28H28N4O4. The van der Waals surface area contributed by atoms with Crippen molar-refractivity contribution in [1.29, 1.82) is 0 Å². The molecule has 4 N–H and O–H groups in total. The number of benzene rings is 3. The number of nitrogens with one attached hydrogen (secondary N) is 2. The predicted molar refractivity (Wildman–Crippen MR) is 135 cm³/mol. The molecule has 4 aromatic rings. The van der Waals surface area contributed by atoms with Crippen LogP contribution in [0.2, 0.25) is 0 Å². The molecule has 0 spiro atoms. The Morgan fingerprint density at radius 3 is 2.03 bits per heavy atom. The topological polar surface area (TPSA) is 124 Å². The maximum atomic E-state index is 13.1. The van der Waals surface area contributed by atoms with Gasteiger partial charge in [0.05, 0.1) is 29.4 Å². The van der Waals surface area contributed by atoms with Crippen LogP contribution in [0, 0.1) is 5.92 Å². The Bertz CT molecular complexity index is 1300. The summed E-state index contributed by atoms with van der Waals surface area (Å²) >= 11 is 0. The van der Waals surface area contributed by atoms with E-state index in [1.165, 1.54) is 6.20 Å². The van der Waals surface area contributed by atoms with Crippen molar-refractivity contribution in [2.24, 2.45) is 5.92 Å². The molecule has 2 amide bonds. The largest absolute Gasteiger partial charge is 0.391 e. The van der Waals surface area contributed by atoms with Crippen LogP contribution in [-0.2, 0) is 17.6 Å². The normalized spacial score (nSPS) is 13.5. The monoisotopic (exact) mass is 484 g/mol. The van der Waals surface area contributed by atoms with Crippen molar-refractivity contribution >= 4 is 22.8 Å². The van der Waals surface area contributed by atoms with Gasteiger partial charge in [-0.3, -0.25) is 19.8 Å². The van der Waals surface area contributed by atoms with Crippen molar-refractivity contribution in [3.63, 3.8) is 0 Å². The predicted octanol–water partition coefficient (Wildman–Crippen LogP) is 3.09. The van der Waals surface area contributed by atoms with E-state index in [0.717, 1.165) is 11.1 Å². The second kappa shape index (κ2) is 12.0. The van der Waals surface area contributed by atoms with Gasteiger partial charge >= 0.3 is 0 Å². The molecule has 0 radical (unpaired) electrons. The second-order valence-corrected chi connectivity index (χ2v) is 8.68. The number of aliphatic hydroxyl groups is 1. The highest BCUT2D eigenvalue weighted by molar-refractivity contribution is 5.94. The molecule has 0 fully saturated rings. The summed E-state index contributed by atoms with van der Waals surface area (Å²) in [7, 11) is 0. The van der Waals surface area contributed by atoms with Crippen LogP contribution in [0.5, 0.6) is 0 Å². The average Bonchev–Trinajstić information content (AvgIpc) is 2.92. The first-order chi connectivity index (χ1) is 17.5. The fraction of sp³-hybridized carbons (Fsp3) is 0.214. The molecule has 4 rings (SSSR count). The van der Waals surface area contributed by atoms with Gasteiger partial charge in [0.15, 0.2) is 0 Å². The van der Waals surface area contributed by atoms with Crippen LogP contribution in [0.15, 0.2) is 91.1 Å². The zero-order chi connectivity index (χ0) is 25.3. The molecule has 1 aromatic heterocycles. The first kappa shape index (κ1) is 25.0. The van der Waals surface area contributed by atoms with Gasteiger partial charge in [-0.15, -0.1) is 0 Å². The van der Waals surface area contributed by atoms with Crippen molar-refractivity contribution < 1.29 is 19.9 Å². The van der Waals surface area contributed by atoms with Crippen molar-refractivity contribution in [1.82, 2.24) is 20.8 Å². The fourth-order valence-corrected chi connectivity index (χ4v) is 4.19. The lowest BCUT2D eigenvalue weighted by molar-refractivity contribution is -0.134. The number of hydroxylamine groups is 1. The van der Waals surface area contributed by atoms with Crippen LogP contribution in [-0.4, -0.2) is 44.2 Å². The van der Waals surface area contributed by atoms with Crippen LogP contribution in [0.1, 0.15) is 28.0 Å². The number of hydrogen-bond acceptors (Lipinski definition) is 6. The van der Waals surface area contributed by atoms with Crippen LogP contribution < -0.4 is 10.8 Å². The van der Waals surface area contributed by atoms with Gasteiger partial charge in [0.1, 0.15) is 5.69 Å². The Balaban J connectivity index is 1.55. The zero-order valence-electron chi connectivity index (χ0n) is 19.6. The van der Waals surface area contributed by atoms with Gasteiger partial charge in [0, 0.05) is 5.92 Å². The number of carbonyl (C=O) groups excluding carboxylic acids is 2. The molecule has 0 aliphatic carbocycles. The molecule has 3 aromatic carbocycles. The lowest BCUT2D eigenvalue weighted by Gasteiger charge is -2.27. The molecule has 0 unspecified atom stereocenters. The van der Waals surface area contributed by atoms with Crippen LogP contribution in [0.25, 0.3) is 11.0 Å². The van der Waals surface area contributed by atoms with Crippen molar-refractivity contribution in [3.8, 4) is 0 Å². The molecule has 0 aliphatic rings. The van der Waals surface area contributed by atoms with Crippen LogP contribution >= 0.6 is 0 Å². The molecule has 36 heavy (non-hydrogen) atoms. The third-order valence-corrected chi connectivity index (χ3v) is 6.09. The van der Waals surface area contributed by atoms with E-state index >= 15 is 0 Å². The Labute approximate surface area is 209 Å². The number of hydrogen-bond donors (Lipinski definition) is 4. The van der Waals surface area contributed by atoms with E-state index in [1.54, 1.807) is 11.5 Å². The van der Waals surface area contributed by atoms with Gasteiger partial charge in [0.2, 0.25) is 5.91 Å². The highest BCUT2D eigenvalue weighted by Gasteiger charge is 2.29. The summed E-state index contributed by atoms with van der Waals surface area (Å²) in [6.07, 6.45) is 1.03. The maximum absolute atomic E-state index is 13.1. The minimum Gasteiger partial charge on any atom is -0.391 e. The third kappa shape index (κ3) is 6.50. The maximum Gasteiger partial charge on any atom is 0.271 e. The molecular weight excluding hydrogens is 456 g/mol. The molecule has 0 aliphatic heterocycles. The number of aliphatic hydroxyl groups excluding tert-OH is 1. The summed E-state index contributed by atoms with van der Waals surface area (Å²) in [5, 5.41) is 23.4. The zero-order valence-corrected chi connectivity index (χ0v) is 19.6. The summed E-state index contributed by atoms with van der Waals surface area (Å²) in [6.45, 7) is 0. The van der Waals surface area contributed by atoms with E-state index in [0.29, 0.717) is 23.9 Å². The summed E-state index contributed by atoms with van der Waals surface area (Å²) in [5.74, 6) is -1.77. The number of nitrogens with zero attached hydrogens (tertiary/aromatic N) is 2. The Morgan fingerprint density at radius 2 is 1.39 bits per heavy atom. The number of fused-ring (bicyclic) bond motifs is 1. The lowest BCUT2D eigenvalue weighted by atomic mass is 9.89. The summed E-state index contributed by atoms with van der Waals surface area (Å²) in [4.78, 5) is 34.2. The van der Waals surface area contributed by atoms with E-state index in [9.17, 15) is 19.9 Å². The van der Waals surface area contributed by atoms with Gasteiger partial charge in [-0.2, -0.15) is 0 Å². The molecule has 1 heterocycles. The Kier molecular flexibility index (Phi) is 8.33. The first-order valence-corrected chi connectivity index (χ1v) is 11.8. The van der Waals surface area contributed by atoms with Gasteiger partial charge in [-0.25, -0.2) is 10.5 Å². The van der Waals surface area contributed by atoms with Crippen molar-refractivity contribution in [2.45, 2.75) is 31.4 Å². The minimum atomic E-state index is -1.08. The average molecular weight is 485 g/mol. The van der Waals surface area contributed by atoms with Crippen molar-refractivity contribution in [2.75, 3.05) is 0 Å². The molecule has 0 bridgehead atoms. The number of rotatable bonds is 10. The number of carbonyl (C=O) groups is 2. The van der Waals surface area contributed by atoms with E-state index in [1.807, 2.05) is 78.9 Å². The lowest BCUT2D eigenvalue weighted by Crippen LogP contribution is -2.47. The van der Waals surface area contributed by atoms with E-state index in [4.69, 9.17) is 0 Å². The molecule has 8 nitrogen and oxygen atoms in total. The smallest absolute Gasteiger partial charge is 0.271 e. The fourth-order valence-electron chi connectivity index (χ4n) is 4.19. The summed E-state index contributed by atoms with van der Waals surface area (Å²) < 4.78 is 0. The number of para-hydroxylation sites is 2. The third-order valence-electron chi connectivity index (χ3n) is 6.09. The van der Waals surface area contributed by atoms with E-state index in [-0.39, 0.29) is 12.1 Å². The highest BCUT2D eigenvalue weighted by Crippen LogP contribution is 2.19. The first-order valence-electron chi connectivity index (χ1n) is 11.8. The van der Waals surface area contributed by atoms with Crippen LogP contribution in [0.3, 0.4) is 0 Å². The van der Waals surface area contributed by atoms with E-state index < -0.39 is 29.9 Å². The molecule has 184 valence electrons. The SMILES string of the molecule is O=C(N[C@@H](Cc1ccccc1)[C@@H](O)C[C@@H](Cc1ccccc1)C(=O)NO)c1cnc2ccccc2n1. The number of amides is 2. The number of aromatic nitrogens is 2. The quantitative estimate of drug-likeness (QED) is 0.203.